The SMILES string of the molecule is O=C(CSc1nnc(-c2ccncc2)n1-c1ccccc1)Nc1cccc(Cl)c1Cl. The standard InChI is InChI=1S/C21H15Cl2N5OS/c22-16-7-4-8-17(19(16)23)25-18(29)13-30-21-27-26-20(14-9-11-24-12-10-14)28(21)15-5-2-1-3-6-15/h1-12H,13H2,(H,25,29). The fourth-order valence-electron chi connectivity index (χ4n) is 2.78. The fourth-order valence-corrected chi connectivity index (χ4v) is 3.88. The normalized spacial score (nSPS) is 10.7. The summed E-state index contributed by atoms with van der Waals surface area (Å²) in [7, 11) is 0. The van der Waals surface area contributed by atoms with E-state index in [9.17, 15) is 4.79 Å². The molecule has 30 heavy (non-hydrogen) atoms. The molecule has 0 spiro atoms. The van der Waals surface area contributed by atoms with Gasteiger partial charge in [-0.3, -0.25) is 14.3 Å². The molecule has 0 fully saturated rings. The second-order valence-corrected chi connectivity index (χ2v) is 7.88. The third kappa shape index (κ3) is 4.48. The lowest BCUT2D eigenvalue weighted by Crippen LogP contribution is -2.15. The molecule has 0 aliphatic heterocycles. The maximum absolute atomic E-state index is 12.5. The van der Waals surface area contributed by atoms with Gasteiger partial charge < -0.3 is 5.32 Å². The molecule has 1 amide bonds. The molecule has 1 N–H and O–H groups in total. The summed E-state index contributed by atoms with van der Waals surface area (Å²) in [6.45, 7) is 0. The van der Waals surface area contributed by atoms with E-state index in [1.807, 2.05) is 47.0 Å². The summed E-state index contributed by atoms with van der Waals surface area (Å²) >= 11 is 13.4. The Balaban J connectivity index is 1.58. The van der Waals surface area contributed by atoms with E-state index >= 15 is 0 Å². The lowest BCUT2D eigenvalue weighted by Gasteiger charge is -2.11. The van der Waals surface area contributed by atoms with Gasteiger partial charge in [-0.2, -0.15) is 0 Å². The van der Waals surface area contributed by atoms with Crippen LogP contribution in [0.4, 0.5) is 5.69 Å². The van der Waals surface area contributed by atoms with Gasteiger partial charge in [-0.1, -0.05) is 59.2 Å². The van der Waals surface area contributed by atoms with Gasteiger partial charge in [0.25, 0.3) is 0 Å². The highest BCUT2D eigenvalue weighted by Crippen LogP contribution is 2.30. The summed E-state index contributed by atoms with van der Waals surface area (Å²) < 4.78 is 1.92. The molecular formula is C21H15Cl2N5OS. The van der Waals surface area contributed by atoms with Crippen molar-refractivity contribution in [2.24, 2.45) is 0 Å². The number of anilines is 1. The molecule has 4 rings (SSSR count). The van der Waals surface area contributed by atoms with E-state index < -0.39 is 0 Å². The number of amides is 1. The number of nitrogens with one attached hydrogen (secondary N) is 1. The molecule has 0 aliphatic carbocycles. The Bertz CT molecular complexity index is 1170. The molecule has 2 heterocycles. The molecule has 9 heteroatoms. The van der Waals surface area contributed by atoms with E-state index in [2.05, 4.69) is 20.5 Å². The minimum Gasteiger partial charge on any atom is -0.324 e. The van der Waals surface area contributed by atoms with E-state index in [-0.39, 0.29) is 11.7 Å². The van der Waals surface area contributed by atoms with Crippen molar-refractivity contribution in [1.29, 1.82) is 0 Å². The summed E-state index contributed by atoms with van der Waals surface area (Å²) in [5.41, 5.74) is 2.25. The molecule has 6 nitrogen and oxygen atoms in total. The molecule has 0 aliphatic rings. The Kier molecular flexibility index (Phi) is 6.32. The van der Waals surface area contributed by atoms with E-state index in [1.54, 1.807) is 30.6 Å². The highest BCUT2D eigenvalue weighted by Gasteiger charge is 2.17. The molecule has 0 saturated carbocycles. The summed E-state index contributed by atoms with van der Waals surface area (Å²) in [5, 5.41) is 12.7. The largest absolute Gasteiger partial charge is 0.324 e. The molecule has 2 aromatic heterocycles. The van der Waals surface area contributed by atoms with Gasteiger partial charge in [-0.25, -0.2) is 0 Å². The van der Waals surface area contributed by atoms with Crippen molar-refractivity contribution in [2.45, 2.75) is 5.16 Å². The molecule has 2 aromatic carbocycles. The van der Waals surface area contributed by atoms with Crippen LogP contribution in [-0.4, -0.2) is 31.4 Å². The first-order valence-corrected chi connectivity index (χ1v) is 10.7. The number of hydrogen-bond acceptors (Lipinski definition) is 5. The highest BCUT2D eigenvalue weighted by molar-refractivity contribution is 7.99. The molecule has 0 saturated heterocycles. The van der Waals surface area contributed by atoms with Crippen LogP contribution >= 0.6 is 35.0 Å². The van der Waals surface area contributed by atoms with Gasteiger partial charge in [-0.05, 0) is 36.4 Å². The van der Waals surface area contributed by atoms with E-state index in [0.29, 0.717) is 26.7 Å². The number of nitrogens with zero attached hydrogens (tertiary/aromatic N) is 4. The number of rotatable bonds is 6. The highest BCUT2D eigenvalue weighted by atomic mass is 35.5. The maximum Gasteiger partial charge on any atom is 0.234 e. The summed E-state index contributed by atoms with van der Waals surface area (Å²) in [4.78, 5) is 16.5. The summed E-state index contributed by atoms with van der Waals surface area (Å²) in [6.07, 6.45) is 3.41. The van der Waals surface area contributed by atoms with Crippen molar-refractivity contribution >= 4 is 46.6 Å². The van der Waals surface area contributed by atoms with Crippen LogP contribution in [-0.2, 0) is 4.79 Å². The third-order valence-corrected chi connectivity index (χ3v) is 5.89. The Labute approximate surface area is 187 Å². The van der Waals surface area contributed by atoms with Crippen molar-refractivity contribution in [1.82, 2.24) is 19.7 Å². The number of aromatic nitrogens is 4. The predicted molar refractivity (Wildman–Crippen MR) is 120 cm³/mol. The number of hydrogen-bond donors (Lipinski definition) is 1. The smallest absolute Gasteiger partial charge is 0.234 e. The number of pyridine rings is 1. The van der Waals surface area contributed by atoms with E-state index in [1.165, 1.54) is 11.8 Å². The Morgan fingerprint density at radius 2 is 1.73 bits per heavy atom. The van der Waals surface area contributed by atoms with E-state index in [4.69, 9.17) is 23.2 Å². The van der Waals surface area contributed by atoms with Crippen molar-refractivity contribution in [2.75, 3.05) is 11.1 Å². The number of carbonyl (C=O) groups excluding carboxylic acids is 1. The first-order valence-electron chi connectivity index (χ1n) is 8.91. The van der Waals surface area contributed by atoms with Crippen LogP contribution in [0.25, 0.3) is 17.1 Å². The van der Waals surface area contributed by atoms with Gasteiger partial charge in [0.1, 0.15) is 0 Å². The molecule has 0 radical (unpaired) electrons. The first kappa shape index (κ1) is 20.4. The van der Waals surface area contributed by atoms with Crippen molar-refractivity contribution < 1.29 is 4.79 Å². The second-order valence-electron chi connectivity index (χ2n) is 6.15. The topological polar surface area (TPSA) is 72.7 Å². The molecule has 0 unspecified atom stereocenters. The molecular weight excluding hydrogens is 441 g/mol. The van der Waals surface area contributed by atoms with Gasteiger partial charge in [0, 0.05) is 23.6 Å². The van der Waals surface area contributed by atoms with Crippen LogP contribution in [0, 0.1) is 0 Å². The number of benzene rings is 2. The van der Waals surface area contributed by atoms with E-state index in [0.717, 1.165) is 11.3 Å². The lowest BCUT2D eigenvalue weighted by atomic mass is 10.2. The van der Waals surface area contributed by atoms with Crippen LogP contribution in [0.1, 0.15) is 0 Å². The van der Waals surface area contributed by atoms with Crippen LogP contribution in [0.15, 0.2) is 78.2 Å². The van der Waals surface area contributed by atoms with Crippen LogP contribution < -0.4 is 5.32 Å². The molecule has 0 bridgehead atoms. The number of carbonyl (C=O) groups is 1. The van der Waals surface area contributed by atoms with Gasteiger partial charge >= 0.3 is 0 Å². The number of thioether (sulfide) groups is 1. The zero-order valence-corrected chi connectivity index (χ0v) is 17.8. The zero-order valence-electron chi connectivity index (χ0n) is 15.5. The van der Waals surface area contributed by atoms with Crippen LogP contribution in [0.5, 0.6) is 0 Å². The van der Waals surface area contributed by atoms with Gasteiger partial charge in [0.15, 0.2) is 11.0 Å². The average molecular weight is 456 g/mol. The quantitative estimate of drug-likeness (QED) is 0.395. The number of para-hydroxylation sites is 1. The summed E-state index contributed by atoms with van der Waals surface area (Å²) in [6, 6.07) is 18.6. The van der Waals surface area contributed by atoms with Gasteiger partial charge in [0.05, 0.1) is 21.5 Å². The minimum atomic E-state index is -0.225. The second kappa shape index (κ2) is 9.30. The molecule has 4 aromatic rings. The van der Waals surface area contributed by atoms with Crippen molar-refractivity contribution in [3.8, 4) is 17.1 Å². The fraction of sp³-hybridized carbons (Fsp3) is 0.0476. The first-order chi connectivity index (χ1) is 14.6. The van der Waals surface area contributed by atoms with Gasteiger partial charge in [0.2, 0.25) is 5.91 Å². The van der Waals surface area contributed by atoms with Gasteiger partial charge in [-0.15, -0.1) is 10.2 Å². The molecule has 150 valence electrons. The molecule has 0 atom stereocenters. The Morgan fingerprint density at radius 3 is 2.50 bits per heavy atom. The minimum absolute atomic E-state index is 0.129. The predicted octanol–water partition coefficient (Wildman–Crippen LogP) is 5.37. The number of halogens is 2. The Hall–Kier alpha value is -2.87. The Morgan fingerprint density at radius 1 is 0.967 bits per heavy atom. The van der Waals surface area contributed by atoms with Crippen molar-refractivity contribution in [3.63, 3.8) is 0 Å². The van der Waals surface area contributed by atoms with Crippen LogP contribution in [0.3, 0.4) is 0 Å². The van der Waals surface area contributed by atoms with Crippen LogP contribution in [0.2, 0.25) is 10.0 Å². The maximum atomic E-state index is 12.5. The average Bonchev–Trinajstić information content (AvgIpc) is 3.21. The van der Waals surface area contributed by atoms with Crippen molar-refractivity contribution in [3.05, 3.63) is 83.1 Å². The third-order valence-electron chi connectivity index (χ3n) is 4.14. The monoisotopic (exact) mass is 455 g/mol. The lowest BCUT2D eigenvalue weighted by molar-refractivity contribution is -0.113. The summed E-state index contributed by atoms with van der Waals surface area (Å²) in [5.74, 6) is 0.575. The zero-order chi connectivity index (χ0) is 20.9.